The number of rotatable bonds is 4. The Morgan fingerprint density at radius 2 is 1.90 bits per heavy atom. The molecule has 2 aliphatic rings. The van der Waals surface area contributed by atoms with Gasteiger partial charge in [-0.25, -0.2) is 4.79 Å². The number of carbonyl (C=O) groups excluding carboxylic acids is 2. The fourth-order valence-electron chi connectivity index (χ4n) is 4.18. The fraction of sp³-hybridized carbons (Fsp3) is 0.609. The molecule has 0 radical (unpaired) electrons. The molecule has 0 aromatic carbocycles. The maximum absolute atomic E-state index is 13.6. The van der Waals surface area contributed by atoms with E-state index < -0.39 is 12.0 Å². The van der Waals surface area contributed by atoms with Crippen molar-refractivity contribution in [2.75, 3.05) is 18.5 Å². The van der Waals surface area contributed by atoms with Crippen molar-refractivity contribution in [1.29, 1.82) is 0 Å². The number of anilines is 1. The average Bonchev–Trinajstić information content (AvgIpc) is 3.26. The summed E-state index contributed by atoms with van der Waals surface area (Å²) in [5.41, 5.74) is 0.317. The van der Waals surface area contributed by atoms with Gasteiger partial charge >= 0.3 is 5.97 Å². The highest BCUT2D eigenvalue weighted by Gasteiger charge is 2.42. The molecule has 2 heterocycles. The van der Waals surface area contributed by atoms with Gasteiger partial charge in [0.25, 0.3) is 0 Å². The summed E-state index contributed by atoms with van der Waals surface area (Å²) < 4.78 is 0. The molecule has 2 amide bonds. The standard InChI is InChI=1S/C23H30N2O4S/c1-14(2)5-10-17-13-19(20(30-17)23(28)29)25(18-11-12-24(4)22(18)27)21(26)16-8-6-15(3)7-9-16/h13-16,18H,6-9,11-12H2,1-4H3,(H,28,29)/t15?,16?,18-/m0/s1. The summed E-state index contributed by atoms with van der Waals surface area (Å²) in [6.45, 7) is 6.68. The predicted octanol–water partition coefficient (Wildman–Crippen LogP) is 3.84. The van der Waals surface area contributed by atoms with Crippen LogP contribution in [-0.2, 0) is 9.59 Å². The Bertz CT molecular complexity index is 887. The number of carboxylic acids is 1. The number of likely N-dealkylation sites (N-methyl/N-ethyl adjacent to an activating group) is 1. The fourth-order valence-corrected chi connectivity index (χ4v) is 5.03. The maximum Gasteiger partial charge on any atom is 0.348 e. The third-order valence-electron chi connectivity index (χ3n) is 5.96. The third-order valence-corrected chi connectivity index (χ3v) is 6.99. The highest BCUT2D eigenvalue weighted by atomic mass is 32.1. The number of nitrogens with zero attached hydrogens (tertiary/aromatic N) is 2. The molecule has 1 saturated carbocycles. The molecule has 0 bridgehead atoms. The molecule has 30 heavy (non-hydrogen) atoms. The summed E-state index contributed by atoms with van der Waals surface area (Å²) in [6, 6.07) is 1.03. The lowest BCUT2D eigenvalue weighted by Gasteiger charge is -2.33. The number of hydrogen-bond donors (Lipinski definition) is 1. The van der Waals surface area contributed by atoms with Gasteiger partial charge in [0.15, 0.2) is 0 Å². The van der Waals surface area contributed by atoms with Gasteiger partial charge in [-0.15, -0.1) is 11.3 Å². The Morgan fingerprint density at radius 3 is 2.43 bits per heavy atom. The van der Waals surface area contributed by atoms with E-state index in [1.54, 1.807) is 18.0 Å². The minimum Gasteiger partial charge on any atom is -0.477 e. The van der Waals surface area contributed by atoms with E-state index in [1.165, 1.54) is 4.90 Å². The molecule has 1 aromatic heterocycles. The van der Waals surface area contributed by atoms with E-state index in [2.05, 4.69) is 18.8 Å². The first-order valence-electron chi connectivity index (χ1n) is 10.7. The van der Waals surface area contributed by atoms with E-state index in [-0.39, 0.29) is 28.5 Å². The minimum atomic E-state index is -1.10. The molecule has 3 rings (SSSR count). The van der Waals surface area contributed by atoms with Gasteiger partial charge in [0.1, 0.15) is 10.9 Å². The molecular formula is C23H30N2O4S. The van der Waals surface area contributed by atoms with Gasteiger partial charge < -0.3 is 10.0 Å². The Hall–Kier alpha value is -2.33. The molecule has 7 heteroatoms. The number of likely N-dealkylation sites (tertiary alicyclic amines) is 1. The molecule has 1 aromatic rings. The first-order chi connectivity index (χ1) is 14.2. The second kappa shape index (κ2) is 9.22. The molecular weight excluding hydrogens is 400 g/mol. The zero-order valence-corrected chi connectivity index (χ0v) is 18.9. The van der Waals surface area contributed by atoms with Crippen LogP contribution in [0, 0.1) is 29.6 Å². The summed E-state index contributed by atoms with van der Waals surface area (Å²) >= 11 is 1.07. The molecule has 2 fully saturated rings. The van der Waals surface area contributed by atoms with Crippen molar-refractivity contribution in [3.8, 4) is 11.8 Å². The quantitative estimate of drug-likeness (QED) is 0.736. The van der Waals surface area contributed by atoms with Crippen molar-refractivity contribution >= 4 is 34.8 Å². The van der Waals surface area contributed by atoms with Crippen molar-refractivity contribution in [2.45, 2.75) is 58.9 Å². The lowest BCUT2D eigenvalue weighted by molar-refractivity contribution is -0.131. The van der Waals surface area contributed by atoms with Gasteiger partial charge in [0.05, 0.1) is 10.6 Å². The van der Waals surface area contributed by atoms with Crippen molar-refractivity contribution < 1.29 is 19.5 Å². The SMILES string of the molecule is CC(C)C#Cc1cc(N(C(=O)C2CCC(C)CC2)[C@H]2CCN(C)C2=O)c(C(=O)O)s1. The van der Waals surface area contributed by atoms with Gasteiger partial charge in [-0.3, -0.25) is 14.5 Å². The number of aromatic carboxylic acids is 1. The van der Waals surface area contributed by atoms with E-state index in [0.717, 1.165) is 37.0 Å². The van der Waals surface area contributed by atoms with E-state index >= 15 is 0 Å². The van der Waals surface area contributed by atoms with Gasteiger partial charge in [-0.05, 0) is 44.1 Å². The zero-order valence-electron chi connectivity index (χ0n) is 18.1. The number of carbonyl (C=O) groups is 3. The van der Waals surface area contributed by atoms with Gasteiger partial charge in [-0.1, -0.05) is 32.6 Å². The molecule has 1 aliphatic heterocycles. The van der Waals surface area contributed by atoms with Crippen molar-refractivity contribution in [3.63, 3.8) is 0 Å². The Balaban J connectivity index is 2.04. The highest BCUT2D eigenvalue weighted by Crippen LogP contribution is 2.37. The summed E-state index contributed by atoms with van der Waals surface area (Å²) in [7, 11) is 1.72. The van der Waals surface area contributed by atoms with Gasteiger partial charge in [-0.2, -0.15) is 0 Å². The van der Waals surface area contributed by atoms with Crippen LogP contribution in [0.15, 0.2) is 6.07 Å². The molecule has 6 nitrogen and oxygen atoms in total. The maximum atomic E-state index is 13.6. The van der Waals surface area contributed by atoms with Crippen LogP contribution in [0.25, 0.3) is 0 Å². The molecule has 0 unspecified atom stereocenters. The smallest absolute Gasteiger partial charge is 0.348 e. The molecule has 1 saturated heterocycles. The van der Waals surface area contributed by atoms with Gasteiger partial charge in [0.2, 0.25) is 11.8 Å². The summed E-state index contributed by atoms with van der Waals surface area (Å²) in [4.78, 5) is 42.2. The summed E-state index contributed by atoms with van der Waals surface area (Å²) in [6.07, 6.45) is 4.01. The van der Waals surface area contributed by atoms with E-state index in [9.17, 15) is 19.5 Å². The largest absolute Gasteiger partial charge is 0.477 e. The number of amides is 2. The molecule has 1 N–H and O–H groups in total. The second-order valence-electron chi connectivity index (χ2n) is 8.78. The predicted molar refractivity (Wildman–Crippen MR) is 118 cm³/mol. The first-order valence-corrected chi connectivity index (χ1v) is 11.5. The van der Waals surface area contributed by atoms with Crippen LogP contribution in [0.2, 0.25) is 0 Å². The topological polar surface area (TPSA) is 77.9 Å². The van der Waals surface area contributed by atoms with Crippen LogP contribution in [0.1, 0.15) is 67.4 Å². The Kier molecular flexibility index (Phi) is 6.87. The van der Waals surface area contributed by atoms with E-state index in [1.807, 2.05) is 13.8 Å². The minimum absolute atomic E-state index is 0.0722. The third kappa shape index (κ3) is 4.70. The van der Waals surface area contributed by atoms with Crippen LogP contribution >= 0.6 is 11.3 Å². The number of hydrogen-bond acceptors (Lipinski definition) is 4. The summed E-state index contributed by atoms with van der Waals surface area (Å²) in [5.74, 6) is 5.28. The van der Waals surface area contributed by atoms with E-state index in [0.29, 0.717) is 29.4 Å². The van der Waals surface area contributed by atoms with Crippen molar-refractivity contribution in [1.82, 2.24) is 4.90 Å². The second-order valence-corrected chi connectivity index (χ2v) is 9.84. The first kappa shape index (κ1) is 22.4. The zero-order chi connectivity index (χ0) is 22.0. The van der Waals surface area contributed by atoms with Gasteiger partial charge in [0, 0.05) is 25.4 Å². The Labute approximate surface area is 182 Å². The average molecular weight is 431 g/mol. The van der Waals surface area contributed by atoms with Crippen molar-refractivity contribution in [2.24, 2.45) is 17.8 Å². The van der Waals surface area contributed by atoms with Crippen LogP contribution < -0.4 is 4.90 Å². The lowest BCUT2D eigenvalue weighted by Crippen LogP contribution is -2.48. The van der Waals surface area contributed by atoms with Crippen LogP contribution in [0.4, 0.5) is 5.69 Å². The molecule has 162 valence electrons. The van der Waals surface area contributed by atoms with E-state index in [4.69, 9.17) is 0 Å². The normalized spacial score (nSPS) is 24.0. The van der Waals surface area contributed by atoms with Crippen LogP contribution in [-0.4, -0.2) is 47.4 Å². The van der Waals surface area contributed by atoms with Crippen LogP contribution in [0.3, 0.4) is 0 Å². The lowest BCUT2D eigenvalue weighted by atomic mass is 9.82. The highest BCUT2D eigenvalue weighted by molar-refractivity contribution is 7.15. The molecule has 1 aliphatic carbocycles. The number of carboxylic acid groups (broad SMARTS) is 1. The number of thiophene rings is 1. The summed E-state index contributed by atoms with van der Waals surface area (Å²) in [5, 5.41) is 9.82. The Morgan fingerprint density at radius 1 is 1.23 bits per heavy atom. The molecule has 1 atom stereocenters. The van der Waals surface area contributed by atoms with Crippen LogP contribution in [0.5, 0.6) is 0 Å². The van der Waals surface area contributed by atoms with Crippen molar-refractivity contribution in [3.05, 3.63) is 15.8 Å². The molecule has 0 spiro atoms. The monoisotopic (exact) mass is 430 g/mol.